The zero-order chi connectivity index (χ0) is 18.0. The number of carbonyl (C=O) groups excluding carboxylic acids is 2. The Labute approximate surface area is 159 Å². The summed E-state index contributed by atoms with van der Waals surface area (Å²) < 4.78 is 0.912. The normalized spacial score (nSPS) is 16.3. The summed E-state index contributed by atoms with van der Waals surface area (Å²) in [4.78, 5) is 25.7. The predicted octanol–water partition coefficient (Wildman–Crippen LogP) is 4.77. The number of benzene rings is 1. The Morgan fingerprint density at radius 2 is 2.04 bits per heavy atom. The highest BCUT2D eigenvalue weighted by Crippen LogP contribution is 2.40. The molecule has 2 amide bonds. The zero-order valence-electron chi connectivity index (χ0n) is 14.1. The number of hydrogen-bond donors (Lipinski definition) is 2. The second kappa shape index (κ2) is 7.70. The topological polar surface area (TPSA) is 72.2 Å². The van der Waals surface area contributed by atoms with Gasteiger partial charge in [0.2, 0.25) is 0 Å². The second-order valence-electron chi connectivity index (χ2n) is 6.43. The molecular formula is C19H21BrN2O2S. The third-order valence-corrected chi connectivity index (χ3v) is 6.34. The van der Waals surface area contributed by atoms with E-state index >= 15 is 0 Å². The van der Waals surface area contributed by atoms with Crippen LogP contribution in [0.25, 0.3) is 0 Å². The molecule has 6 heteroatoms. The van der Waals surface area contributed by atoms with Crippen molar-refractivity contribution < 1.29 is 9.59 Å². The Morgan fingerprint density at radius 1 is 1.32 bits per heavy atom. The van der Waals surface area contributed by atoms with E-state index in [-0.39, 0.29) is 5.91 Å². The smallest absolute Gasteiger partial charge is 0.256 e. The van der Waals surface area contributed by atoms with E-state index < -0.39 is 5.91 Å². The van der Waals surface area contributed by atoms with Gasteiger partial charge in [0.15, 0.2) is 0 Å². The molecule has 0 saturated heterocycles. The molecule has 0 bridgehead atoms. The van der Waals surface area contributed by atoms with Gasteiger partial charge in [-0.15, -0.1) is 11.3 Å². The minimum absolute atomic E-state index is 0.223. The number of fused-ring (bicyclic) bond motifs is 1. The molecule has 1 aliphatic carbocycles. The van der Waals surface area contributed by atoms with Crippen LogP contribution in [0.4, 0.5) is 5.00 Å². The van der Waals surface area contributed by atoms with E-state index in [1.165, 1.54) is 29.1 Å². The molecule has 2 aromatic rings. The van der Waals surface area contributed by atoms with Crippen molar-refractivity contribution in [1.29, 1.82) is 0 Å². The van der Waals surface area contributed by atoms with Crippen molar-refractivity contribution in [2.45, 2.75) is 39.0 Å². The van der Waals surface area contributed by atoms with Gasteiger partial charge in [-0.05, 0) is 55.0 Å². The highest BCUT2D eigenvalue weighted by atomic mass is 79.9. The van der Waals surface area contributed by atoms with E-state index in [0.29, 0.717) is 22.0 Å². The highest BCUT2D eigenvalue weighted by molar-refractivity contribution is 9.10. The number of primary amides is 1. The molecule has 4 nitrogen and oxygen atoms in total. The second-order valence-corrected chi connectivity index (χ2v) is 8.45. The first kappa shape index (κ1) is 18.1. The SMILES string of the molecule is CCC[C@H]1CCc2c(sc(NC(=O)c3ccc(Br)cc3)c2C(N)=O)C1. The highest BCUT2D eigenvalue weighted by Gasteiger charge is 2.28. The fourth-order valence-electron chi connectivity index (χ4n) is 3.43. The van der Waals surface area contributed by atoms with Crippen molar-refractivity contribution in [3.8, 4) is 0 Å². The lowest BCUT2D eigenvalue weighted by Gasteiger charge is -2.21. The van der Waals surface area contributed by atoms with E-state index in [1.54, 1.807) is 12.1 Å². The molecule has 0 aliphatic heterocycles. The molecule has 0 fully saturated rings. The Hall–Kier alpha value is -1.66. The summed E-state index contributed by atoms with van der Waals surface area (Å²) in [5.41, 5.74) is 7.71. The molecule has 1 aromatic heterocycles. The maximum Gasteiger partial charge on any atom is 0.256 e. The first-order valence-corrected chi connectivity index (χ1v) is 10.1. The van der Waals surface area contributed by atoms with E-state index in [9.17, 15) is 9.59 Å². The van der Waals surface area contributed by atoms with Gasteiger partial charge in [0, 0.05) is 14.9 Å². The van der Waals surface area contributed by atoms with Gasteiger partial charge >= 0.3 is 0 Å². The van der Waals surface area contributed by atoms with Gasteiger partial charge in [-0.2, -0.15) is 0 Å². The summed E-state index contributed by atoms with van der Waals surface area (Å²) in [5.74, 6) is -0.0249. The van der Waals surface area contributed by atoms with Crippen molar-refractivity contribution in [3.05, 3.63) is 50.3 Å². The first-order valence-electron chi connectivity index (χ1n) is 8.50. The molecule has 0 unspecified atom stereocenters. The summed E-state index contributed by atoms with van der Waals surface area (Å²) >= 11 is 4.86. The number of thiophene rings is 1. The summed E-state index contributed by atoms with van der Waals surface area (Å²) in [6.45, 7) is 2.20. The van der Waals surface area contributed by atoms with E-state index in [1.807, 2.05) is 12.1 Å². The summed E-state index contributed by atoms with van der Waals surface area (Å²) in [6, 6.07) is 7.12. The molecule has 3 rings (SSSR count). The van der Waals surface area contributed by atoms with Gasteiger partial charge in [0.1, 0.15) is 5.00 Å². The maximum atomic E-state index is 12.5. The third kappa shape index (κ3) is 3.96. The zero-order valence-corrected chi connectivity index (χ0v) is 16.5. The van der Waals surface area contributed by atoms with E-state index in [2.05, 4.69) is 28.2 Å². The van der Waals surface area contributed by atoms with Crippen LogP contribution in [0.5, 0.6) is 0 Å². The molecule has 1 aliphatic rings. The lowest BCUT2D eigenvalue weighted by atomic mass is 9.84. The van der Waals surface area contributed by atoms with Gasteiger partial charge < -0.3 is 11.1 Å². The van der Waals surface area contributed by atoms with Crippen LogP contribution in [-0.4, -0.2) is 11.8 Å². The van der Waals surface area contributed by atoms with Gasteiger partial charge in [0.05, 0.1) is 5.56 Å². The number of nitrogens with two attached hydrogens (primary N) is 1. The molecule has 1 heterocycles. The fourth-order valence-corrected chi connectivity index (χ4v) is 5.06. The lowest BCUT2D eigenvalue weighted by molar-refractivity contribution is 0.1000. The van der Waals surface area contributed by atoms with Crippen LogP contribution in [0, 0.1) is 5.92 Å². The number of nitrogens with one attached hydrogen (secondary N) is 1. The minimum Gasteiger partial charge on any atom is -0.365 e. The molecule has 0 spiro atoms. The van der Waals surface area contributed by atoms with Crippen LogP contribution in [0.2, 0.25) is 0 Å². The molecule has 1 atom stereocenters. The number of carbonyl (C=O) groups is 2. The molecular weight excluding hydrogens is 400 g/mol. The fraction of sp³-hybridized carbons (Fsp3) is 0.368. The van der Waals surface area contributed by atoms with Crippen molar-refractivity contribution >= 4 is 44.1 Å². The molecule has 0 saturated carbocycles. The van der Waals surface area contributed by atoms with Crippen LogP contribution >= 0.6 is 27.3 Å². The van der Waals surface area contributed by atoms with Crippen molar-refractivity contribution in [1.82, 2.24) is 0 Å². The van der Waals surface area contributed by atoms with Crippen LogP contribution in [0.1, 0.15) is 57.3 Å². The largest absolute Gasteiger partial charge is 0.365 e. The molecule has 3 N–H and O–H groups in total. The van der Waals surface area contributed by atoms with Crippen molar-refractivity contribution in [2.75, 3.05) is 5.32 Å². The Kier molecular flexibility index (Phi) is 5.59. The number of rotatable bonds is 5. The maximum absolute atomic E-state index is 12.5. The third-order valence-electron chi connectivity index (χ3n) is 4.64. The minimum atomic E-state index is -0.461. The molecule has 25 heavy (non-hydrogen) atoms. The van der Waals surface area contributed by atoms with Gasteiger partial charge in [-0.3, -0.25) is 9.59 Å². The van der Waals surface area contributed by atoms with Crippen LogP contribution in [0.15, 0.2) is 28.7 Å². The van der Waals surface area contributed by atoms with Gasteiger partial charge in [0.25, 0.3) is 11.8 Å². The first-order chi connectivity index (χ1) is 12.0. The van der Waals surface area contributed by atoms with Crippen molar-refractivity contribution in [3.63, 3.8) is 0 Å². The van der Waals surface area contributed by atoms with Crippen LogP contribution in [0.3, 0.4) is 0 Å². The van der Waals surface area contributed by atoms with E-state index in [0.717, 1.165) is 29.3 Å². The summed E-state index contributed by atoms with van der Waals surface area (Å²) in [6.07, 6.45) is 5.29. The number of anilines is 1. The number of halogens is 1. The summed E-state index contributed by atoms with van der Waals surface area (Å²) in [7, 11) is 0. The van der Waals surface area contributed by atoms with E-state index in [4.69, 9.17) is 5.73 Å². The van der Waals surface area contributed by atoms with Gasteiger partial charge in [-0.25, -0.2) is 0 Å². The molecule has 1 aromatic carbocycles. The Morgan fingerprint density at radius 3 is 2.68 bits per heavy atom. The summed E-state index contributed by atoms with van der Waals surface area (Å²) in [5, 5.41) is 3.48. The quantitative estimate of drug-likeness (QED) is 0.730. The number of amides is 2. The van der Waals surface area contributed by atoms with Crippen molar-refractivity contribution in [2.24, 2.45) is 11.7 Å². The predicted molar refractivity (Wildman–Crippen MR) is 105 cm³/mol. The monoisotopic (exact) mass is 420 g/mol. The number of hydrogen-bond acceptors (Lipinski definition) is 3. The lowest BCUT2D eigenvalue weighted by Crippen LogP contribution is -2.20. The van der Waals surface area contributed by atoms with Crippen LogP contribution in [-0.2, 0) is 12.8 Å². The molecule has 0 radical (unpaired) electrons. The average molecular weight is 421 g/mol. The van der Waals surface area contributed by atoms with Crippen LogP contribution < -0.4 is 11.1 Å². The molecule has 132 valence electrons. The average Bonchev–Trinajstić information content (AvgIpc) is 2.92. The van der Waals surface area contributed by atoms with Gasteiger partial charge in [-0.1, -0.05) is 35.7 Å². The Bertz CT molecular complexity index is 799. The Balaban J connectivity index is 1.87. The standard InChI is InChI=1S/C19H21BrN2O2S/c1-2-3-11-4-9-14-15(10-11)25-19(16(14)17(21)23)22-18(24)12-5-7-13(20)8-6-12/h5-8,11H,2-4,9-10H2,1H3,(H2,21,23)(H,22,24)/t11-/m0/s1.